The van der Waals surface area contributed by atoms with Crippen LogP contribution in [0.15, 0.2) is 48.8 Å². The minimum atomic E-state index is -0.815. The molecule has 0 unspecified atom stereocenters. The number of ether oxygens (including phenoxy) is 1. The fourth-order valence-electron chi connectivity index (χ4n) is 3.02. The Morgan fingerprint density at radius 1 is 1.20 bits per heavy atom. The van der Waals surface area contributed by atoms with Crippen LogP contribution in [0.3, 0.4) is 0 Å². The van der Waals surface area contributed by atoms with Gasteiger partial charge in [0.25, 0.3) is 5.91 Å². The third-order valence-electron chi connectivity index (χ3n) is 4.52. The van der Waals surface area contributed by atoms with Crippen LogP contribution in [-0.2, 0) is 11.2 Å². The molecule has 1 saturated heterocycles. The van der Waals surface area contributed by atoms with Crippen molar-refractivity contribution in [2.75, 3.05) is 19.7 Å². The number of hydrogen-bond donors (Lipinski definition) is 1. The molecule has 6 heteroatoms. The molecular formula is C19H21FN2O3. The Balaban J connectivity index is 1.50. The van der Waals surface area contributed by atoms with Gasteiger partial charge in [-0.3, -0.25) is 9.78 Å². The van der Waals surface area contributed by atoms with Crippen LogP contribution in [0, 0.1) is 5.82 Å². The summed E-state index contributed by atoms with van der Waals surface area (Å²) < 4.78 is 18.8. The lowest BCUT2D eigenvalue weighted by Crippen LogP contribution is -2.48. The summed E-state index contributed by atoms with van der Waals surface area (Å²) in [6.07, 6.45) is 4.96. The largest absolute Gasteiger partial charge is 0.481 e. The lowest BCUT2D eigenvalue weighted by Gasteiger charge is -2.38. The summed E-state index contributed by atoms with van der Waals surface area (Å²) in [5.74, 6) is -0.614. The number of carbonyl (C=O) groups is 1. The summed E-state index contributed by atoms with van der Waals surface area (Å²) in [5, 5.41) is 10.7. The maximum Gasteiger partial charge on any atom is 0.260 e. The van der Waals surface area contributed by atoms with E-state index in [1.54, 1.807) is 29.4 Å². The molecule has 1 aliphatic heterocycles. The number of halogens is 1. The SMILES string of the molecule is O=C(COc1ccccc1F)N1CCC(O)(Cc2ccncc2)CC1. The molecule has 0 aliphatic carbocycles. The van der Waals surface area contributed by atoms with E-state index in [4.69, 9.17) is 4.74 Å². The van der Waals surface area contributed by atoms with E-state index in [0.29, 0.717) is 32.4 Å². The van der Waals surface area contributed by atoms with Gasteiger partial charge in [-0.05, 0) is 42.7 Å². The van der Waals surface area contributed by atoms with Crippen LogP contribution in [-0.4, -0.2) is 46.2 Å². The summed E-state index contributed by atoms with van der Waals surface area (Å²) in [6.45, 7) is 0.714. The average molecular weight is 344 g/mol. The van der Waals surface area contributed by atoms with E-state index in [-0.39, 0.29) is 18.3 Å². The van der Waals surface area contributed by atoms with Gasteiger partial charge >= 0.3 is 0 Å². The van der Waals surface area contributed by atoms with Crippen molar-refractivity contribution in [2.24, 2.45) is 0 Å². The Kier molecular flexibility index (Phi) is 5.28. The van der Waals surface area contributed by atoms with Crippen molar-refractivity contribution in [1.29, 1.82) is 0 Å². The van der Waals surface area contributed by atoms with Crippen molar-refractivity contribution < 1.29 is 19.0 Å². The summed E-state index contributed by atoms with van der Waals surface area (Å²) in [7, 11) is 0. The maximum absolute atomic E-state index is 13.5. The number of piperidine rings is 1. The van der Waals surface area contributed by atoms with Crippen molar-refractivity contribution >= 4 is 5.91 Å². The first-order valence-electron chi connectivity index (χ1n) is 8.32. The lowest BCUT2D eigenvalue weighted by atomic mass is 9.85. The predicted octanol–water partition coefficient (Wildman–Crippen LogP) is 2.20. The molecule has 1 N–H and O–H groups in total. The molecule has 0 spiro atoms. The number of carbonyl (C=O) groups excluding carboxylic acids is 1. The van der Waals surface area contributed by atoms with E-state index >= 15 is 0 Å². The maximum atomic E-state index is 13.5. The number of benzene rings is 1. The van der Waals surface area contributed by atoms with Gasteiger partial charge in [-0.15, -0.1) is 0 Å². The van der Waals surface area contributed by atoms with Crippen molar-refractivity contribution in [3.63, 3.8) is 0 Å². The number of hydrogen-bond acceptors (Lipinski definition) is 4. The van der Waals surface area contributed by atoms with E-state index < -0.39 is 11.4 Å². The van der Waals surface area contributed by atoms with E-state index in [0.717, 1.165) is 5.56 Å². The Labute approximate surface area is 146 Å². The zero-order valence-corrected chi connectivity index (χ0v) is 13.9. The molecule has 132 valence electrons. The summed E-state index contributed by atoms with van der Waals surface area (Å²) in [6, 6.07) is 9.78. The Bertz CT molecular complexity index is 716. The minimum Gasteiger partial charge on any atom is -0.481 e. The molecule has 2 heterocycles. The normalized spacial score (nSPS) is 16.5. The van der Waals surface area contributed by atoms with Crippen LogP contribution in [0.5, 0.6) is 5.75 Å². The van der Waals surface area contributed by atoms with Gasteiger partial charge in [0.1, 0.15) is 0 Å². The highest BCUT2D eigenvalue weighted by atomic mass is 19.1. The van der Waals surface area contributed by atoms with Gasteiger partial charge in [-0.2, -0.15) is 0 Å². The number of aliphatic hydroxyl groups is 1. The highest BCUT2D eigenvalue weighted by Gasteiger charge is 2.34. The number of para-hydroxylation sites is 1. The zero-order chi connectivity index (χ0) is 17.7. The second-order valence-electron chi connectivity index (χ2n) is 6.36. The van der Waals surface area contributed by atoms with Gasteiger partial charge in [0.15, 0.2) is 18.2 Å². The molecule has 0 saturated carbocycles. The number of nitrogens with zero attached hydrogens (tertiary/aromatic N) is 2. The molecule has 5 nitrogen and oxygen atoms in total. The monoisotopic (exact) mass is 344 g/mol. The second-order valence-corrected chi connectivity index (χ2v) is 6.36. The van der Waals surface area contributed by atoms with Crippen LogP contribution in [0.4, 0.5) is 4.39 Å². The summed E-state index contributed by atoms with van der Waals surface area (Å²) >= 11 is 0. The van der Waals surface area contributed by atoms with Crippen molar-refractivity contribution in [2.45, 2.75) is 24.9 Å². The van der Waals surface area contributed by atoms with E-state index in [1.807, 2.05) is 12.1 Å². The first-order chi connectivity index (χ1) is 12.1. The van der Waals surface area contributed by atoms with Crippen LogP contribution >= 0.6 is 0 Å². The molecule has 1 aromatic heterocycles. The molecule has 1 amide bonds. The molecular weight excluding hydrogens is 323 g/mol. The quantitative estimate of drug-likeness (QED) is 0.903. The van der Waals surface area contributed by atoms with Crippen molar-refractivity contribution in [3.8, 4) is 5.75 Å². The van der Waals surface area contributed by atoms with Crippen molar-refractivity contribution in [3.05, 3.63) is 60.2 Å². The number of amides is 1. The van der Waals surface area contributed by atoms with Crippen LogP contribution in [0.1, 0.15) is 18.4 Å². The average Bonchev–Trinajstić information content (AvgIpc) is 2.62. The van der Waals surface area contributed by atoms with Crippen LogP contribution < -0.4 is 4.74 Å². The van der Waals surface area contributed by atoms with Crippen molar-refractivity contribution in [1.82, 2.24) is 9.88 Å². The Hall–Kier alpha value is -2.47. The van der Waals surface area contributed by atoms with Gasteiger partial charge in [0.2, 0.25) is 0 Å². The topological polar surface area (TPSA) is 62.7 Å². The standard InChI is InChI=1S/C19H21FN2O3/c20-16-3-1-2-4-17(16)25-14-18(23)22-11-7-19(24,8-12-22)13-15-5-9-21-10-6-15/h1-6,9-10,24H,7-8,11-14H2. The third-order valence-corrected chi connectivity index (χ3v) is 4.52. The molecule has 0 radical (unpaired) electrons. The van der Waals surface area contributed by atoms with Gasteiger partial charge in [0, 0.05) is 31.9 Å². The molecule has 0 atom stereocenters. The number of rotatable bonds is 5. The first-order valence-corrected chi connectivity index (χ1v) is 8.32. The second kappa shape index (κ2) is 7.61. The van der Waals surface area contributed by atoms with Crippen LogP contribution in [0.2, 0.25) is 0 Å². The molecule has 3 rings (SSSR count). The molecule has 0 bridgehead atoms. The molecule has 1 fully saturated rings. The van der Waals surface area contributed by atoms with E-state index in [2.05, 4.69) is 4.98 Å². The molecule has 1 aliphatic rings. The molecule has 1 aromatic carbocycles. The van der Waals surface area contributed by atoms with Gasteiger partial charge < -0.3 is 14.7 Å². The molecule has 25 heavy (non-hydrogen) atoms. The number of aromatic nitrogens is 1. The van der Waals surface area contributed by atoms with E-state index in [9.17, 15) is 14.3 Å². The van der Waals surface area contributed by atoms with Gasteiger partial charge in [-0.25, -0.2) is 4.39 Å². The smallest absolute Gasteiger partial charge is 0.260 e. The first kappa shape index (κ1) is 17.4. The zero-order valence-electron chi connectivity index (χ0n) is 13.9. The summed E-state index contributed by atoms with van der Waals surface area (Å²) in [4.78, 5) is 17.9. The number of likely N-dealkylation sites (tertiary alicyclic amines) is 1. The Morgan fingerprint density at radius 2 is 1.88 bits per heavy atom. The third kappa shape index (κ3) is 4.54. The summed E-state index contributed by atoms with van der Waals surface area (Å²) in [5.41, 5.74) is 0.213. The lowest BCUT2D eigenvalue weighted by molar-refractivity contribution is -0.137. The van der Waals surface area contributed by atoms with E-state index in [1.165, 1.54) is 12.1 Å². The fraction of sp³-hybridized carbons (Fsp3) is 0.368. The highest BCUT2D eigenvalue weighted by molar-refractivity contribution is 5.77. The fourth-order valence-corrected chi connectivity index (χ4v) is 3.02. The predicted molar refractivity (Wildman–Crippen MR) is 90.6 cm³/mol. The molecule has 2 aromatic rings. The minimum absolute atomic E-state index is 0.0713. The Morgan fingerprint density at radius 3 is 2.56 bits per heavy atom. The van der Waals surface area contributed by atoms with Gasteiger partial charge in [0.05, 0.1) is 5.60 Å². The highest BCUT2D eigenvalue weighted by Crippen LogP contribution is 2.26. The van der Waals surface area contributed by atoms with Crippen LogP contribution in [0.25, 0.3) is 0 Å². The van der Waals surface area contributed by atoms with Gasteiger partial charge in [-0.1, -0.05) is 12.1 Å². The number of pyridine rings is 1.